The van der Waals surface area contributed by atoms with Crippen molar-refractivity contribution in [3.63, 3.8) is 0 Å². The topological polar surface area (TPSA) is 68.5 Å². The van der Waals surface area contributed by atoms with E-state index >= 15 is 0 Å². The van der Waals surface area contributed by atoms with Crippen molar-refractivity contribution >= 4 is 5.97 Å². The monoisotopic (exact) mass is 255 g/mol. The zero-order chi connectivity index (χ0) is 13.4. The quantitative estimate of drug-likeness (QED) is 0.654. The number of carbonyl (C=O) groups is 1. The highest BCUT2D eigenvalue weighted by Gasteiger charge is 2.14. The molecule has 18 heavy (non-hydrogen) atoms. The van der Waals surface area contributed by atoms with E-state index in [4.69, 9.17) is 9.26 Å². The van der Waals surface area contributed by atoms with E-state index in [1.807, 2.05) is 11.8 Å². The molecule has 0 radical (unpaired) electrons. The number of nitrogens with zero attached hydrogens (tertiary/aromatic N) is 3. The molecule has 1 rings (SSSR count). The number of carbonyl (C=O) groups excluding carboxylic acids is 1. The van der Waals surface area contributed by atoms with Crippen LogP contribution in [0.4, 0.5) is 0 Å². The number of aromatic nitrogens is 2. The Balaban J connectivity index is 2.53. The summed E-state index contributed by atoms with van der Waals surface area (Å²) >= 11 is 0. The molecule has 0 atom stereocenters. The maximum Gasteiger partial charge on any atom is 0.320 e. The summed E-state index contributed by atoms with van der Waals surface area (Å²) < 4.78 is 10.1. The van der Waals surface area contributed by atoms with Gasteiger partial charge in [-0.3, -0.25) is 9.69 Å². The summed E-state index contributed by atoms with van der Waals surface area (Å²) in [6, 6.07) is 0. The minimum absolute atomic E-state index is 0.221. The highest BCUT2D eigenvalue weighted by molar-refractivity contribution is 5.71. The van der Waals surface area contributed by atoms with Gasteiger partial charge in [0.25, 0.3) is 0 Å². The van der Waals surface area contributed by atoms with E-state index in [1.165, 1.54) is 0 Å². The second kappa shape index (κ2) is 7.81. The van der Waals surface area contributed by atoms with Crippen LogP contribution in [0.5, 0.6) is 0 Å². The third kappa shape index (κ3) is 4.83. The highest BCUT2D eigenvalue weighted by Crippen LogP contribution is 2.04. The van der Waals surface area contributed by atoms with Crippen LogP contribution in [0.3, 0.4) is 0 Å². The molecule has 0 N–H and O–H groups in total. The van der Waals surface area contributed by atoms with Crippen LogP contribution >= 0.6 is 0 Å². The number of hydrogen-bond acceptors (Lipinski definition) is 6. The molecule has 1 aromatic rings. The van der Waals surface area contributed by atoms with Gasteiger partial charge in [-0.2, -0.15) is 4.98 Å². The van der Waals surface area contributed by atoms with E-state index in [1.54, 1.807) is 6.92 Å². The molecule has 102 valence electrons. The van der Waals surface area contributed by atoms with Crippen molar-refractivity contribution in [2.75, 3.05) is 19.7 Å². The number of ether oxygens (including phenoxy) is 1. The fourth-order valence-corrected chi connectivity index (χ4v) is 1.61. The maximum atomic E-state index is 11.4. The van der Waals surface area contributed by atoms with Crippen molar-refractivity contribution in [2.45, 2.75) is 40.2 Å². The molecule has 0 fully saturated rings. The molecule has 0 saturated heterocycles. The molecule has 0 saturated carbocycles. The lowest BCUT2D eigenvalue weighted by atomic mass is 10.4. The molecule has 0 aliphatic rings. The summed E-state index contributed by atoms with van der Waals surface area (Å²) in [7, 11) is 0. The minimum atomic E-state index is -0.221. The van der Waals surface area contributed by atoms with Crippen molar-refractivity contribution in [3.05, 3.63) is 11.7 Å². The molecule has 0 aromatic carbocycles. The Bertz CT molecular complexity index is 365. The lowest BCUT2D eigenvalue weighted by Gasteiger charge is -2.18. The van der Waals surface area contributed by atoms with Gasteiger partial charge in [0.15, 0.2) is 5.82 Å². The van der Waals surface area contributed by atoms with Crippen molar-refractivity contribution in [1.29, 1.82) is 0 Å². The van der Waals surface area contributed by atoms with E-state index in [0.717, 1.165) is 19.4 Å². The Labute approximate surface area is 107 Å². The number of rotatable bonds is 8. The maximum absolute atomic E-state index is 11.4. The molecule has 0 amide bonds. The van der Waals surface area contributed by atoms with Gasteiger partial charge < -0.3 is 9.26 Å². The van der Waals surface area contributed by atoms with Crippen LogP contribution in [0.25, 0.3) is 0 Å². The first-order chi connectivity index (χ1) is 8.69. The lowest BCUT2D eigenvalue weighted by Crippen LogP contribution is -2.31. The molecule has 0 spiro atoms. The van der Waals surface area contributed by atoms with Gasteiger partial charge in [0, 0.05) is 6.42 Å². The van der Waals surface area contributed by atoms with Crippen LogP contribution in [-0.2, 0) is 22.5 Å². The Morgan fingerprint density at radius 1 is 1.39 bits per heavy atom. The molecule has 6 heteroatoms. The van der Waals surface area contributed by atoms with Crippen molar-refractivity contribution in [2.24, 2.45) is 0 Å². The van der Waals surface area contributed by atoms with Gasteiger partial charge in [-0.1, -0.05) is 19.0 Å². The van der Waals surface area contributed by atoms with E-state index in [9.17, 15) is 4.79 Å². The third-order valence-electron chi connectivity index (χ3n) is 2.38. The van der Waals surface area contributed by atoms with E-state index in [0.29, 0.717) is 24.9 Å². The molecule has 0 aliphatic carbocycles. The number of esters is 1. The second-order valence-electron chi connectivity index (χ2n) is 3.97. The smallest absolute Gasteiger partial charge is 0.320 e. The lowest BCUT2D eigenvalue weighted by molar-refractivity contribution is -0.144. The van der Waals surface area contributed by atoms with Crippen molar-refractivity contribution in [1.82, 2.24) is 15.0 Å². The van der Waals surface area contributed by atoms with E-state index in [2.05, 4.69) is 17.1 Å². The van der Waals surface area contributed by atoms with Crippen LogP contribution < -0.4 is 0 Å². The largest absolute Gasteiger partial charge is 0.465 e. The summed E-state index contributed by atoms with van der Waals surface area (Å²) in [5.41, 5.74) is 0. The fraction of sp³-hybridized carbons (Fsp3) is 0.750. The van der Waals surface area contributed by atoms with E-state index < -0.39 is 0 Å². The summed E-state index contributed by atoms with van der Waals surface area (Å²) in [6.45, 7) is 7.77. The van der Waals surface area contributed by atoms with Gasteiger partial charge in [-0.05, 0) is 19.9 Å². The first-order valence-corrected chi connectivity index (χ1v) is 6.39. The Hall–Kier alpha value is -1.43. The van der Waals surface area contributed by atoms with Gasteiger partial charge in [0.2, 0.25) is 5.89 Å². The number of aryl methyl sites for hydroxylation is 1. The van der Waals surface area contributed by atoms with Gasteiger partial charge in [-0.25, -0.2) is 0 Å². The fourth-order valence-electron chi connectivity index (χ4n) is 1.61. The molecule has 1 aromatic heterocycles. The molecule has 1 heterocycles. The Morgan fingerprint density at radius 2 is 2.17 bits per heavy atom. The van der Waals surface area contributed by atoms with Crippen LogP contribution in [0, 0.1) is 0 Å². The molecular formula is C12H21N3O3. The predicted octanol–water partition coefficient (Wildman–Crippen LogP) is 1.41. The number of hydrogen-bond donors (Lipinski definition) is 0. The third-order valence-corrected chi connectivity index (χ3v) is 2.38. The summed E-state index contributed by atoms with van der Waals surface area (Å²) in [4.78, 5) is 17.6. The molecular weight excluding hydrogens is 234 g/mol. The Kier molecular flexibility index (Phi) is 6.35. The van der Waals surface area contributed by atoms with Gasteiger partial charge in [0.05, 0.1) is 19.7 Å². The second-order valence-corrected chi connectivity index (χ2v) is 3.97. The predicted molar refractivity (Wildman–Crippen MR) is 65.9 cm³/mol. The van der Waals surface area contributed by atoms with Crippen LogP contribution in [0.1, 0.15) is 38.9 Å². The van der Waals surface area contributed by atoms with Crippen LogP contribution in [-0.4, -0.2) is 40.7 Å². The van der Waals surface area contributed by atoms with Crippen LogP contribution in [0.2, 0.25) is 0 Å². The van der Waals surface area contributed by atoms with Gasteiger partial charge in [-0.15, -0.1) is 0 Å². The molecule has 0 aliphatic heterocycles. The summed E-state index contributed by atoms with van der Waals surface area (Å²) in [5.74, 6) is 1.02. The molecule has 0 unspecified atom stereocenters. The molecule has 6 nitrogen and oxygen atoms in total. The van der Waals surface area contributed by atoms with Crippen molar-refractivity contribution < 1.29 is 14.1 Å². The van der Waals surface area contributed by atoms with Crippen LogP contribution in [0.15, 0.2) is 4.52 Å². The van der Waals surface area contributed by atoms with E-state index in [-0.39, 0.29) is 12.5 Å². The zero-order valence-electron chi connectivity index (χ0n) is 11.3. The SMILES string of the molecule is CCCN(CC(=O)OCC)Cc1nc(CC)no1. The normalized spacial score (nSPS) is 10.9. The Morgan fingerprint density at radius 3 is 2.72 bits per heavy atom. The average Bonchev–Trinajstić information content (AvgIpc) is 2.77. The average molecular weight is 255 g/mol. The van der Waals surface area contributed by atoms with Gasteiger partial charge in [0.1, 0.15) is 0 Å². The molecule has 0 bridgehead atoms. The summed E-state index contributed by atoms with van der Waals surface area (Å²) in [6.07, 6.45) is 1.70. The highest BCUT2D eigenvalue weighted by atomic mass is 16.5. The standard InChI is InChI=1S/C12H21N3O3/c1-4-7-15(9-12(16)17-6-3)8-11-13-10(5-2)14-18-11/h4-9H2,1-3H3. The summed E-state index contributed by atoms with van der Waals surface area (Å²) in [5, 5.41) is 3.83. The first-order valence-electron chi connectivity index (χ1n) is 6.39. The first kappa shape index (κ1) is 14.6. The van der Waals surface area contributed by atoms with Gasteiger partial charge >= 0.3 is 5.97 Å². The van der Waals surface area contributed by atoms with Crippen molar-refractivity contribution in [3.8, 4) is 0 Å². The zero-order valence-corrected chi connectivity index (χ0v) is 11.3. The minimum Gasteiger partial charge on any atom is -0.465 e.